The van der Waals surface area contributed by atoms with Crippen LogP contribution in [0.1, 0.15) is 23.8 Å². The summed E-state index contributed by atoms with van der Waals surface area (Å²) in [7, 11) is -3.66. The highest BCUT2D eigenvalue weighted by Gasteiger charge is 2.39. The Kier molecular flexibility index (Phi) is 6.32. The molecule has 0 N–H and O–H groups in total. The maximum Gasteiger partial charge on any atom is 0.245 e. The zero-order chi connectivity index (χ0) is 20.3. The minimum absolute atomic E-state index is 0.0113. The normalized spacial score (nSPS) is 24.4. The average Bonchev–Trinajstić information content (AvgIpc) is 2.75. The van der Waals surface area contributed by atoms with E-state index in [0.29, 0.717) is 17.9 Å². The van der Waals surface area contributed by atoms with E-state index in [9.17, 15) is 8.42 Å². The van der Waals surface area contributed by atoms with Gasteiger partial charge in [0.1, 0.15) is 6.23 Å². The van der Waals surface area contributed by atoms with Gasteiger partial charge in [-0.15, -0.1) is 0 Å². The molecule has 0 aliphatic carbocycles. The largest absolute Gasteiger partial charge is 0.379 e. The van der Waals surface area contributed by atoms with Gasteiger partial charge in [0.05, 0.1) is 24.2 Å². The molecule has 0 spiro atoms. The van der Waals surface area contributed by atoms with Crippen molar-refractivity contribution in [2.75, 3.05) is 39.4 Å². The van der Waals surface area contributed by atoms with Crippen molar-refractivity contribution in [1.29, 1.82) is 0 Å². The SMILES string of the molecule is Cc1ccc(S(=O)(=O)N2CCC(CN3CCOCC3)OC2c2ccccc2)cc1. The van der Waals surface area contributed by atoms with Crippen molar-refractivity contribution in [3.8, 4) is 0 Å². The van der Waals surface area contributed by atoms with E-state index in [-0.39, 0.29) is 6.10 Å². The molecule has 2 unspecified atom stereocenters. The molecule has 7 heteroatoms. The molecular formula is C22H28N2O4S. The maximum atomic E-state index is 13.4. The molecule has 2 saturated heterocycles. The first-order chi connectivity index (χ1) is 14.0. The highest BCUT2D eigenvalue weighted by Crippen LogP contribution is 2.34. The predicted molar refractivity (Wildman–Crippen MR) is 111 cm³/mol. The van der Waals surface area contributed by atoms with E-state index in [2.05, 4.69) is 4.90 Å². The number of benzene rings is 2. The Bertz CT molecular complexity index is 896. The molecule has 2 aliphatic heterocycles. The predicted octanol–water partition coefficient (Wildman–Crippen LogP) is 2.81. The van der Waals surface area contributed by atoms with Crippen LogP contribution in [-0.2, 0) is 19.5 Å². The van der Waals surface area contributed by atoms with Crippen LogP contribution in [-0.4, -0.2) is 63.1 Å². The number of ether oxygens (including phenoxy) is 2. The lowest BCUT2D eigenvalue weighted by atomic mass is 10.1. The maximum absolute atomic E-state index is 13.4. The topological polar surface area (TPSA) is 59.1 Å². The summed E-state index contributed by atoms with van der Waals surface area (Å²) >= 11 is 0. The molecule has 2 fully saturated rings. The Hall–Kier alpha value is -1.77. The van der Waals surface area contributed by atoms with E-state index >= 15 is 0 Å². The molecule has 0 aromatic heterocycles. The zero-order valence-electron chi connectivity index (χ0n) is 16.7. The Morgan fingerprint density at radius 1 is 0.966 bits per heavy atom. The van der Waals surface area contributed by atoms with Gasteiger partial charge in [-0.05, 0) is 31.0 Å². The van der Waals surface area contributed by atoms with Crippen LogP contribution < -0.4 is 0 Å². The highest BCUT2D eigenvalue weighted by atomic mass is 32.2. The number of sulfonamides is 1. The monoisotopic (exact) mass is 416 g/mol. The summed E-state index contributed by atoms with van der Waals surface area (Å²) < 4.78 is 40.1. The van der Waals surface area contributed by atoms with Gasteiger partial charge in [-0.1, -0.05) is 48.0 Å². The van der Waals surface area contributed by atoms with Crippen molar-refractivity contribution in [3.05, 3.63) is 65.7 Å². The first kappa shape index (κ1) is 20.5. The lowest BCUT2D eigenvalue weighted by molar-refractivity contribution is -0.122. The standard InChI is InChI=1S/C22H28N2O4S/c1-18-7-9-21(10-8-18)29(25,26)24-12-11-20(17-23-13-15-27-16-14-23)28-22(24)19-5-3-2-4-6-19/h2-10,20,22H,11-17H2,1H3. The average molecular weight is 417 g/mol. The van der Waals surface area contributed by atoms with Crippen LogP contribution in [0.25, 0.3) is 0 Å². The fourth-order valence-electron chi connectivity index (χ4n) is 3.87. The van der Waals surface area contributed by atoms with E-state index in [1.807, 2.05) is 49.4 Å². The molecule has 0 bridgehead atoms. The van der Waals surface area contributed by atoms with Crippen molar-refractivity contribution in [3.63, 3.8) is 0 Å². The Morgan fingerprint density at radius 3 is 2.34 bits per heavy atom. The van der Waals surface area contributed by atoms with Gasteiger partial charge < -0.3 is 9.47 Å². The third-order valence-electron chi connectivity index (χ3n) is 5.53. The molecule has 2 atom stereocenters. The summed E-state index contributed by atoms with van der Waals surface area (Å²) in [4.78, 5) is 2.64. The second kappa shape index (κ2) is 8.93. The van der Waals surface area contributed by atoms with E-state index in [0.717, 1.165) is 44.0 Å². The molecule has 0 amide bonds. The van der Waals surface area contributed by atoms with Crippen LogP contribution in [0.3, 0.4) is 0 Å². The minimum Gasteiger partial charge on any atom is -0.379 e. The Balaban J connectivity index is 1.58. The molecule has 156 valence electrons. The number of morpholine rings is 1. The fraction of sp³-hybridized carbons (Fsp3) is 0.455. The molecular weight excluding hydrogens is 388 g/mol. The lowest BCUT2D eigenvalue weighted by Gasteiger charge is -2.41. The molecule has 2 aliphatic rings. The first-order valence-corrected chi connectivity index (χ1v) is 11.6. The van der Waals surface area contributed by atoms with E-state index < -0.39 is 16.3 Å². The molecule has 0 saturated carbocycles. The molecule has 29 heavy (non-hydrogen) atoms. The number of aryl methyl sites for hydroxylation is 1. The van der Waals surface area contributed by atoms with Crippen molar-refractivity contribution < 1.29 is 17.9 Å². The van der Waals surface area contributed by atoms with Gasteiger partial charge >= 0.3 is 0 Å². The molecule has 2 heterocycles. The van der Waals surface area contributed by atoms with Gasteiger partial charge in [-0.3, -0.25) is 4.90 Å². The highest BCUT2D eigenvalue weighted by molar-refractivity contribution is 7.89. The summed E-state index contributed by atoms with van der Waals surface area (Å²) in [5, 5.41) is 0. The second-order valence-corrected chi connectivity index (χ2v) is 9.54. The summed E-state index contributed by atoms with van der Waals surface area (Å²) in [6, 6.07) is 16.6. The van der Waals surface area contributed by atoms with E-state index in [4.69, 9.17) is 9.47 Å². The lowest BCUT2D eigenvalue weighted by Crippen LogP contribution is -2.49. The van der Waals surface area contributed by atoms with Gasteiger partial charge in [0, 0.05) is 26.2 Å². The van der Waals surface area contributed by atoms with Gasteiger partial charge in [0.2, 0.25) is 10.0 Å². The van der Waals surface area contributed by atoms with Crippen LogP contribution in [0.5, 0.6) is 0 Å². The fourth-order valence-corrected chi connectivity index (χ4v) is 5.39. The molecule has 4 rings (SSSR count). The van der Waals surface area contributed by atoms with Crippen LogP contribution in [0.4, 0.5) is 0 Å². The molecule has 6 nitrogen and oxygen atoms in total. The van der Waals surface area contributed by atoms with Crippen molar-refractivity contribution >= 4 is 10.0 Å². The van der Waals surface area contributed by atoms with E-state index in [1.165, 1.54) is 4.31 Å². The quantitative estimate of drug-likeness (QED) is 0.750. The van der Waals surface area contributed by atoms with Crippen molar-refractivity contribution in [2.24, 2.45) is 0 Å². The molecule has 2 aromatic carbocycles. The summed E-state index contributed by atoms with van der Waals surface area (Å²) in [6.45, 7) is 6.44. The molecule has 0 radical (unpaired) electrons. The third-order valence-corrected chi connectivity index (χ3v) is 7.39. The Morgan fingerprint density at radius 2 is 1.66 bits per heavy atom. The van der Waals surface area contributed by atoms with Crippen LogP contribution in [0.15, 0.2) is 59.5 Å². The number of hydrogen-bond donors (Lipinski definition) is 0. The smallest absolute Gasteiger partial charge is 0.245 e. The number of hydrogen-bond acceptors (Lipinski definition) is 5. The third kappa shape index (κ3) is 4.70. The summed E-state index contributed by atoms with van der Waals surface area (Å²) in [5.74, 6) is 0. The van der Waals surface area contributed by atoms with Crippen LogP contribution in [0, 0.1) is 6.92 Å². The van der Waals surface area contributed by atoms with Crippen molar-refractivity contribution in [1.82, 2.24) is 9.21 Å². The van der Waals surface area contributed by atoms with Gasteiger partial charge in [0.15, 0.2) is 0 Å². The minimum atomic E-state index is -3.66. The van der Waals surface area contributed by atoms with Crippen molar-refractivity contribution in [2.45, 2.75) is 30.6 Å². The van der Waals surface area contributed by atoms with E-state index in [1.54, 1.807) is 12.1 Å². The summed E-state index contributed by atoms with van der Waals surface area (Å²) in [6.07, 6.45) is 0.0382. The molecule has 2 aromatic rings. The summed E-state index contributed by atoms with van der Waals surface area (Å²) in [5.41, 5.74) is 1.89. The van der Waals surface area contributed by atoms with Gasteiger partial charge in [0.25, 0.3) is 0 Å². The van der Waals surface area contributed by atoms with Crippen LogP contribution in [0.2, 0.25) is 0 Å². The Labute approximate surface area is 173 Å². The van der Waals surface area contributed by atoms with Gasteiger partial charge in [-0.25, -0.2) is 8.42 Å². The second-order valence-electron chi connectivity index (χ2n) is 7.65. The number of nitrogens with zero attached hydrogens (tertiary/aromatic N) is 2. The zero-order valence-corrected chi connectivity index (χ0v) is 17.6. The van der Waals surface area contributed by atoms with Gasteiger partial charge in [-0.2, -0.15) is 4.31 Å². The first-order valence-electron chi connectivity index (χ1n) is 10.1. The number of rotatable bonds is 5. The van der Waals surface area contributed by atoms with Crippen LogP contribution >= 0.6 is 0 Å².